The summed E-state index contributed by atoms with van der Waals surface area (Å²) in [5.74, 6) is 1.33. The number of hydrogen-bond acceptors (Lipinski definition) is 3. The summed E-state index contributed by atoms with van der Waals surface area (Å²) < 4.78 is 0. The fraction of sp³-hybridized carbons (Fsp3) is 0.909. The van der Waals surface area contributed by atoms with Crippen molar-refractivity contribution in [2.24, 2.45) is 0 Å². The third kappa shape index (κ3) is 8.75. The number of thioether (sulfide) groups is 1. The van der Waals surface area contributed by atoms with Gasteiger partial charge in [-0.05, 0) is 24.3 Å². The first kappa shape index (κ1) is 14.8. The second kappa shape index (κ2) is 9.04. The van der Waals surface area contributed by atoms with Gasteiger partial charge < -0.3 is 10.4 Å². The lowest BCUT2D eigenvalue weighted by Gasteiger charge is -2.16. The molecule has 0 radical (unpaired) electrons. The Morgan fingerprint density at radius 3 is 2.53 bits per heavy atom. The number of carbonyl (C=O) groups is 1. The maximum absolute atomic E-state index is 10.9. The standard InChI is InChI=1S/C11H23NO2S/c1-4-5-7-15-8-6-10(11(13)14)12-9(2)3/h9-10,12H,4-8H2,1-3H3,(H,13,14). The highest BCUT2D eigenvalue weighted by molar-refractivity contribution is 7.99. The molecule has 0 amide bonds. The molecule has 1 atom stereocenters. The molecular formula is C11H23NO2S. The van der Waals surface area contributed by atoms with E-state index < -0.39 is 5.97 Å². The molecule has 3 nitrogen and oxygen atoms in total. The van der Waals surface area contributed by atoms with E-state index in [0.29, 0.717) is 6.42 Å². The van der Waals surface area contributed by atoms with Gasteiger partial charge in [0, 0.05) is 6.04 Å². The van der Waals surface area contributed by atoms with Crippen LogP contribution in [-0.4, -0.2) is 34.7 Å². The Bertz CT molecular complexity index is 174. The van der Waals surface area contributed by atoms with E-state index in [0.717, 1.165) is 11.5 Å². The van der Waals surface area contributed by atoms with Gasteiger partial charge in [-0.3, -0.25) is 4.79 Å². The number of carboxylic acids is 1. The number of aliphatic carboxylic acids is 1. The van der Waals surface area contributed by atoms with Gasteiger partial charge in [-0.25, -0.2) is 0 Å². The van der Waals surface area contributed by atoms with Gasteiger partial charge in [-0.15, -0.1) is 0 Å². The molecule has 0 spiro atoms. The van der Waals surface area contributed by atoms with Crippen LogP contribution in [0.1, 0.15) is 40.0 Å². The highest BCUT2D eigenvalue weighted by atomic mass is 32.2. The van der Waals surface area contributed by atoms with Crippen molar-refractivity contribution in [2.45, 2.75) is 52.1 Å². The monoisotopic (exact) mass is 233 g/mol. The fourth-order valence-electron chi connectivity index (χ4n) is 1.23. The van der Waals surface area contributed by atoms with Crippen LogP contribution in [-0.2, 0) is 4.79 Å². The average Bonchev–Trinajstić information content (AvgIpc) is 2.15. The van der Waals surface area contributed by atoms with E-state index in [1.807, 2.05) is 25.6 Å². The fourth-order valence-corrected chi connectivity index (χ4v) is 2.33. The van der Waals surface area contributed by atoms with Gasteiger partial charge in [-0.2, -0.15) is 11.8 Å². The first-order chi connectivity index (χ1) is 7.07. The van der Waals surface area contributed by atoms with E-state index in [-0.39, 0.29) is 12.1 Å². The van der Waals surface area contributed by atoms with Crippen molar-refractivity contribution in [1.29, 1.82) is 0 Å². The molecule has 0 saturated carbocycles. The number of rotatable bonds is 9. The molecule has 0 fully saturated rings. The highest BCUT2D eigenvalue weighted by Crippen LogP contribution is 2.08. The van der Waals surface area contributed by atoms with Gasteiger partial charge in [0.1, 0.15) is 6.04 Å². The normalized spacial score (nSPS) is 13.1. The van der Waals surface area contributed by atoms with Crippen LogP contribution in [0.15, 0.2) is 0 Å². The van der Waals surface area contributed by atoms with Crippen LogP contribution >= 0.6 is 11.8 Å². The average molecular weight is 233 g/mol. The predicted octanol–water partition coefficient (Wildman–Crippen LogP) is 2.36. The van der Waals surface area contributed by atoms with Gasteiger partial charge in [0.25, 0.3) is 0 Å². The van der Waals surface area contributed by atoms with Gasteiger partial charge in [0.05, 0.1) is 0 Å². The molecule has 0 aromatic rings. The Hall–Kier alpha value is -0.220. The summed E-state index contributed by atoms with van der Waals surface area (Å²) in [6.07, 6.45) is 3.14. The zero-order valence-electron chi connectivity index (χ0n) is 9.95. The Labute approximate surface area is 97.0 Å². The summed E-state index contributed by atoms with van der Waals surface area (Å²) in [5.41, 5.74) is 0. The highest BCUT2D eigenvalue weighted by Gasteiger charge is 2.16. The van der Waals surface area contributed by atoms with Crippen molar-refractivity contribution >= 4 is 17.7 Å². The topological polar surface area (TPSA) is 49.3 Å². The van der Waals surface area contributed by atoms with Crippen molar-refractivity contribution in [3.63, 3.8) is 0 Å². The largest absolute Gasteiger partial charge is 0.480 e. The molecule has 0 aliphatic rings. The first-order valence-corrected chi connectivity index (χ1v) is 6.80. The van der Waals surface area contributed by atoms with Crippen LogP contribution in [0.3, 0.4) is 0 Å². The first-order valence-electron chi connectivity index (χ1n) is 5.64. The Morgan fingerprint density at radius 2 is 2.07 bits per heavy atom. The predicted molar refractivity (Wildman–Crippen MR) is 66.5 cm³/mol. The van der Waals surface area contributed by atoms with Crippen LogP contribution in [0.5, 0.6) is 0 Å². The summed E-state index contributed by atoms with van der Waals surface area (Å²) in [4.78, 5) is 10.9. The molecule has 0 heterocycles. The lowest BCUT2D eigenvalue weighted by molar-refractivity contribution is -0.139. The summed E-state index contributed by atoms with van der Waals surface area (Å²) in [6, 6.07) is -0.161. The van der Waals surface area contributed by atoms with E-state index in [9.17, 15) is 4.79 Å². The molecule has 1 unspecified atom stereocenters. The molecule has 0 aromatic heterocycles. The lowest BCUT2D eigenvalue weighted by Crippen LogP contribution is -2.41. The van der Waals surface area contributed by atoms with E-state index in [2.05, 4.69) is 12.2 Å². The van der Waals surface area contributed by atoms with Crippen LogP contribution in [0, 0.1) is 0 Å². The van der Waals surface area contributed by atoms with Crippen molar-refractivity contribution < 1.29 is 9.90 Å². The van der Waals surface area contributed by atoms with E-state index in [1.165, 1.54) is 12.8 Å². The molecule has 15 heavy (non-hydrogen) atoms. The van der Waals surface area contributed by atoms with Gasteiger partial charge in [0.2, 0.25) is 0 Å². The maximum Gasteiger partial charge on any atom is 0.320 e. The summed E-state index contributed by atoms with van der Waals surface area (Å²) in [7, 11) is 0. The van der Waals surface area contributed by atoms with E-state index in [4.69, 9.17) is 5.11 Å². The summed E-state index contributed by atoms with van der Waals surface area (Å²) >= 11 is 1.85. The molecule has 2 N–H and O–H groups in total. The van der Waals surface area contributed by atoms with Crippen LogP contribution < -0.4 is 5.32 Å². The Morgan fingerprint density at radius 1 is 1.40 bits per heavy atom. The van der Waals surface area contributed by atoms with Crippen molar-refractivity contribution in [1.82, 2.24) is 5.32 Å². The maximum atomic E-state index is 10.9. The number of hydrogen-bond donors (Lipinski definition) is 2. The Balaban J connectivity index is 3.62. The molecule has 0 rings (SSSR count). The quantitative estimate of drug-likeness (QED) is 0.600. The summed E-state index contributed by atoms with van der Waals surface area (Å²) in [5, 5.41) is 12.0. The number of nitrogens with one attached hydrogen (secondary N) is 1. The minimum atomic E-state index is -0.736. The molecule has 0 saturated heterocycles. The molecule has 0 bridgehead atoms. The van der Waals surface area contributed by atoms with Crippen molar-refractivity contribution in [3.05, 3.63) is 0 Å². The second-order valence-electron chi connectivity index (χ2n) is 3.97. The number of unbranched alkanes of at least 4 members (excludes halogenated alkanes) is 1. The smallest absolute Gasteiger partial charge is 0.320 e. The molecular weight excluding hydrogens is 210 g/mol. The second-order valence-corrected chi connectivity index (χ2v) is 5.19. The Kier molecular flexibility index (Phi) is 8.91. The third-order valence-electron chi connectivity index (χ3n) is 2.03. The van der Waals surface area contributed by atoms with Gasteiger partial charge in [-0.1, -0.05) is 27.2 Å². The van der Waals surface area contributed by atoms with Crippen molar-refractivity contribution in [2.75, 3.05) is 11.5 Å². The van der Waals surface area contributed by atoms with Crippen LogP contribution in [0.25, 0.3) is 0 Å². The zero-order chi connectivity index (χ0) is 11.7. The SMILES string of the molecule is CCCCSCCC(NC(C)C)C(=O)O. The molecule has 0 aliphatic heterocycles. The molecule has 0 aromatic carbocycles. The minimum Gasteiger partial charge on any atom is -0.480 e. The van der Waals surface area contributed by atoms with Crippen LogP contribution in [0.4, 0.5) is 0 Å². The third-order valence-corrected chi connectivity index (χ3v) is 3.13. The summed E-state index contributed by atoms with van der Waals surface area (Å²) in [6.45, 7) is 6.11. The molecule has 0 aliphatic carbocycles. The van der Waals surface area contributed by atoms with Crippen LogP contribution in [0.2, 0.25) is 0 Å². The number of carboxylic acid groups (broad SMARTS) is 1. The zero-order valence-corrected chi connectivity index (χ0v) is 10.8. The van der Waals surface area contributed by atoms with E-state index in [1.54, 1.807) is 0 Å². The van der Waals surface area contributed by atoms with Gasteiger partial charge in [0.15, 0.2) is 0 Å². The van der Waals surface area contributed by atoms with Gasteiger partial charge >= 0.3 is 5.97 Å². The van der Waals surface area contributed by atoms with Crippen molar-refractivity contribution in [3.8, 4) is 0 Å². The minimum absolute atomic E-state index is 0.228. The molecule has 4 heteroatoms. The van der Waals surface area contributed by atoms with E-state index >= 15 is 0 Å². The lowest BCUT2D eigenvalue weighted by atomic mass is 10.2. The molecule has 90 valence electrons.